The summed E-state index contributed by atoms with van der Waals surface area (Å²) in [6.07, 6.45) is 5.48. The Labute approximate surface area is 117 Å². The van der Waals surface area contributed by atoms with Crippen molar-refractivity contribution in [2.24, 2.45) is 5.10 Å². The van der Waals surface area contributed by atoms with E-state index in [2.05, 4.69) is 26.8 Å². The molecule has 2 aromatic carbocycles. The number of hydrogen-bond donors (Lipinski definition) is 2. The van der Waals surface area contributed by atoms with E-state index in [9.17, 15) is 0 Å². The van der Waals surface area contributed by atoms with Crippen molar-refractivity contribution < 1.29 is 0 Å². The van der Waals surface area contributed by atoms with Crippen LogP contribution in [0, 0.1) is 0 Å². The highest BCUT2D eigenvalue weighted by Crippen LogP contribution is 2.18. The minimum atomic E-state index is 0.967. The van der Waals surface area contributed by atoms with E-state index >= 15 is 0 Å². The van der Waals surface area contributed by atoms with Gasteiger partial charge in [0, 0.05) is 11.8 Å². The molecule has 2 N–H and O–H groups in total. The summed E-state index contributed by atoms with van der Waals surface area (Å²) in [6, 6.07) is 18.0. The molecule has 20 heavy (non-hydrogen) atoms. The second-order valence-electron chi connectivity index (χ2n) is 4.35. The van der Waals surface area contributed by atoms with E-state index in [-0.39, 0.29) is 0 Å². The van der Waals surface area contributed by atoms with Crippen molar-refractivity contribution in [2.75, 3.05) is 5.43 Å². The van der Waals surface area contributed by atoms with Gasteiger partial charge >= 0.3 is 0 Å². The minimum Gasteiger partial charge on any atom is -0.285 e. The first-order chi connectivity index (χ1) is 9.92. The summed E-state index contributed by atoms with van der Waals surface area (Å²) in [7, 11) is 0. The van der Waals surface area contributed by atoms with E-state index < -0.39 is 0 Å². The molecule has 3 rings (SSSR count). The van der Waals surface area contributed by atoms with Gasteiger partial charge in [-0.25, -0.2) is 0 Å². The Kier molecular flexibility index (Phi) is 3.55. The van der Waals surface area contributed by atoms with E-state index in [0.29, 0.717) is 0 Å². The van der Waals surface area contributed by atoms with Gasteiger partial charge in [0.05, 0.1) is 18.1 Å². The van der Waals surface area contributed by atoms with E-state index in [1.165, 1.54) is 0 Å². The van der Waals surface area contributed by atoms with Gasteiger partial charge in [0.2, 0.25) is 0 Å². The molecular formula is C16H14N4. The molecular weight excluding hydrogens is 248 g/mol. The fourth-order valence-electron chi connectivity index (χ4n) is 1.90. The zero-order valence-corrected chi connectivity index (χ0v) is 10.8. The van der Waals surface area contributed by atoms with E-state index in [1.807, 2.05) is 54.7 Å². The summed E-state index contributed by atoms with van der Waals surface area (Å²) in [5.41, 5.74) is 7.18. The van der Waals surface area contributed by atoms with Crippen molar-refractivity contribution in [3.8, 4) is 11.1 Å². The van der Waals surface area contributed by atoms with E-state index in [1.54, 1.807) is 12.4 Å². The Hall–Kier alpha value is -2.88. The maximum atomic E-state index is 4.24. The first-order valence-corrected chi connectivity index (χ1v) is 6.35. The lowest BCUT2D eigenvalue weighted by molar-refractivity contribution is 1.09. The van der Waals surface area contributed by atoms with Crippen molar-refractivity contribution in [1.29, 1.82) is 0 Å². The Morgan fingerprint density at radius 1 is 1.00 bits per heavy atom. The number of nitrogens with one attached hydrogen (secondary N) is 2. The van der Waals surface area contributed by atoms with Crippen LogP contribution in [-0.2, 0) is 0 Å². The largest absolute Gasteiger partial charge is 0.285 e. The summed E-state index contributed by atoms with van der Waals surface area (Å²) in [5, 5.41) is 11.0. The number of rotatable bonds is 4. The number of aromatic amines is 1. The van der Waals surface area contributed by atoms with Crippen molar-refractivity contribution in [1.82, 2.24) is 10.2 Å². The molecule has 0 bridgehead atoms. The summed E-state index contributed by atoms with van der Waals surface area (Å²) in [6.45, 7) is 0. The Balaban J connectivity index is 1.73. The van der Waals surface area contributed by atoms with Gasteiger partial charge < -0.3 is 0 Å². The number of aromatic nitrogens is 2. The molecule has 0 fully saturated rings. The number of anilines is 1. The van der Waals surface area contributed by atoms with Crippen LogP contribution in [0.25, 0.3) is 11.1 Å². The van der Waals surface area contributed by atoms with Gasteiger partial charge in [-0.15, -0.1) is 0 Å². The number of hydrogen-bond acceptors (Lipinski definition) is 3. The molecule has 0 saturated carbocycles. The Morgan fingerprint density at radius 2 is 1.90 bits per heavy atom. The lowest BCUT2D eigenvalue weighted by Crippen LogP contribution is -1.90. The first kappa shape index (κ1) is 12.2. The van der Waals surface area contributed by atoms with Crippen molar-refractivity contribution >= 4 is 11.9 Å². The molecule has 0 amide bonds. The SMILES string of the molecule is C(=NNc1ccccc1)c1cccc(-c2cn[nH]c2)c1. The van der Waals surface area contributed by atoms with Crippen LogP contribution in [0.1, 0.15) is 5.56 Å². The van der Waals surface area contributed by atoms with Gasteiger partial charge in [-0.2, -0.15) is 10.2 Å². The number of hydrazone groups is 1. The van der Waals surface area contributed by atoms with Crippen molar-refractivity contribution in [3.63, 3.8) is 0 Å². The van der Waals surface area contributed by atoms with Crippen molar-refractivity contribution in [2.45, 2.75) is 0 Å². The maximum Gasteiger partial charge on any atom is 0.0565 e. The molecule has 3 aromatic rings. The molecule has 1 aromatic heterocycles. The van der Waals surface area contributed by atoms with Gasteiger partial charge in [0.1, 0.15) is 0 Å². The quantitative estimate of drug-likeness (QED) is 0.558. The fraction of sp³-hybridized carbons (Fsp3) is 0. The van der Waals surface area contributed by atoms with Gasteiger partial charge in [0.25, 0.3) is 0 Å². The zero-order valence-electron chi connectivity index (χ0n) is 10.8. The monoisotopic (exact) mass is 262 g/mol. The molecule has 0 aliphatic carbocycles. The van der Waals surface area contributed by atoms with Crippen LogP contribution in [0.15, 0.2) is 72.1 Å². The van der Waals surface area contributed by atoms with Crippen molar-refractivity contribution in [3.05, 3.63) is 72.6 Å². The summed E-state index contributed by atoms with van der Waals surface area (Å²) in [4.78, 5) is 0. The number of H-pyrrole nitrogens is 1. The standard InChI is InChI=1S/C16H14N4/c1-2-7-16(8-3-1)20-19-10-13-5-4-6-14(9-13)15-11-17-18-12-15/h1-12,20H,(H,17,18). The van der Waals surface area contributed by atoms with Crippen LogP contribution in [0.2, 0.25) is 0 Å². The smallest absolute Gasteiger partial charge is 0.0565 e. The number of para-hydroxylation sites is 1. The third kappa shape index (κ3) is 2.92. The van der Waals surface area contributed by atoms with E-state index in [0.717, 1.165) is 22.4 Å². The van der Waals surface area contributed by atoms with Gasteiger partial charge in [0.15, 0.2) is 0 Å². The molecule has 1 heterocycles. The summed E-state index contributed by atoms with van der Waals surface area (Å²) in [5.74, 6) is 0. The molecule has 98 valence electrons. The molecule has 0 radical (unpaired) electrons. The average Bonchev–Trinajstić information content (AvgIpc) is 3.03. The average molecular weight is 262 g/mol. The van der Waals surface area contributed by atoms with Gasteiger partial charge in [-0.05, 0) is 29.3 Å². The third-order valence-electron chi connectivity index (χ3n) is 2.90. The molecule has 0 spiro atoms. The first-order valence-electron chi connectivity index (χ1n) is 6.35. The van der Waals surface area contributed by atoms with Crippen LogP contribution < -0.4 is 5.43 Å². The predicted octanol–water partition coefficient (Wildman–Crippen LogP) is 3.52. The molecule has 0 saturated heterocycles. The van der Waals surface area contributed by atoms with Gasteiger partial charge in [-0.3, -0.25) is 10.5 Å². The zero-order chi connectivity index (χ0) is 13.6. The Bertz CT molecular complexity index is 688. The highest BCUT2D eigenvalue weighted by molar-refractivity contribution is 5.82. The molecule has 4 nitrogen and oxygen atoms in total. The number of nitrogens with zero attached hydrogens (tertiary/aromatic N) is 2. The van der Waals surface area contributed by atoms with Gasteiger partial charge in [-0.1, -0.05) is 36.4 Å². The normalized spacial score (nSPS) is 10.8. The van der Waals surface area contributed by atoms with Crippen LogP contribution in [-0.4, -0.2) is 16.4 Å². The van der Waals surface area contributed by atoms with Crippen LogP contribution in [0.3, 0.4) is 0 Å². The van der Waals surface area contributed by atoms with E-state index in [4.69, 9.17) is 0 Å². The second-order valence-corrected chi connectivity index (χ2v) is 4.35. The second kappa shape index (κ2) is 5.84. The minimum absolute atomic E-state index is 0.967. The highest BCUT2D eigenvalue weighted by atomic mass is 15.3. The Morgan fingerprint density at radius 3 is 2.70 bits per heavy atom. The lowest BCUT2D eigenvalue weighted by Gasteiger charge is -2.00. The van der Waals surface area contributed by atoms with Crippen LogP contribution >= 0.6 is 0 Å². The summed E-state index contributed by atoms with van der Waals surface area (Å²) >= 11 is 0. The third-order valence-corrected chi connectivity index (χ3v) is 2.90. The molecule has 0 aliphatic rings. The predicted molar refractivity (Wildman–Crippen MR) is 81.7 cm³/mol. The molecule has 0 unspecified atom stereocenters. The molecule has 0 aliphatic heterocycles. The topological polar surface area (TPSA) is 53.1 Å². The molecule has 0 atom stereocenters. The fourth-order valence-corrected chi connectivity index (χ4v) is 1.90. The number of benzene rings is 2. The summed E-state index contributed by atoms with van der Waals surface area (Å²) < 4.78 is 0. The van der Waals surface area contributed by atoms with Crippen LogP contribution in [0.4, 0.5) is 5.69 Å². The van der Waals surface area contributed by atoms with Crippen LogP contribution in [0.5, 0.6) is 0 Å². The highest BCUT2D eigenvalue weighted by Gasteiger charge is 1.98. The lowest BCUT2D eigenvalue weighted by atomic mass is 10.1. The molecule has 4 heteroatoms. The maximum absolute atomic E-state index is 4.24.